The number of aliphatic hydroxyl groups excluding tert-OH is 1. The highest BCUT2D eigenvalue weighted by molar-refractivity contribution is 8.00. The summed E-state index contributed by atoms with van der Waals surface area (Å²) < 4.78 is 0. The number of rotatable bonds is 4. The van der Waals surface area contributed by atoms with Crippen molar-refractivity contribution in [3.8, 4) is 0 Å². The minimum atomic E-state index is 0.245. The van der Waals surface area contributed by atoms with Gasteiger partial charge >= 0.3 is 0 Å². The largest absolute Gasteiger partial charge is 0.395 e. The fraction of sp³-hybridized carbons (Fsp3) is 0.571. The van der Waals surface area contributed by atoms with Crippen LogP contribution in [-0.2, 0) is 0 Å². The van der Waals surface area contributed by atoms with Crippen molar-refractivity contribution in [2.75, 3.05) is 6.61 Å². The van der Waals surface area contributed by atoms with E-state index in [1.54, 1.807) is 0 Å². The maximum atomic E-state index is 9.37. The molecule has 1 aromatic rings. The van der Waals surface area contributed by atoms with Crippen LogP contribution in [0.15, 0.2) is 17.0 Å². The second kappa shape index (κ2) is 5.74. The van der Waals surface area contributed by atoms with Crippen LogP contribution in [0.4, 0.5) is 0 Å². The van der Waals surface area contributed by atoms with E-state index in [0.29, 0.717) is 11.2 Å². The second-order valence-electron chi connectivity index (χ2n) is 4.81. The van der Waals surface area contributed by atoms with Gasteiger partial charge in [0, 0.05) is 10.1 Å². The molecule has 0 heterocycles. The molecule has 0 aliphatic rings. The Hall–Kier alpha value is -0.470. The lowest BCUT2D eigenvalue weighted by atomic mass is 10.1. The summed E-state index contributed by atoms with van der Waals surface area (Å²) in [6.07, 6.45) is 0. The van der Waals surface area contributed by atoms with Gasteiger partial charge in [0.25, 0.3) is 0 Å². The smallest absolute Gasteiger partial charge is 0.0556 e. The molecule has 1 rings (SSSR count). The maximum Gasteiger partial charge on any atom is 0.0556 e. The highest BCUT2D eigenvalue weighted by Crippen LogP contribution is 2.33. The van der Waals surface area contributed by atoms with E-state index in [2.05, 4.69) is 46.8 Å². The summed E-state index contributed by atoms with van der Waals surface area (Å²) >= 11 is 1.81. The number of hydrogen-bond donors (Lipinski definition) is 1. The summed E-state index contributed by atoms with van der Waals surface area (Å²) in [5, 5.41) is 9.67. The Balaban J connectivity index is 2.96. The molecule has 0 fully saturated rings. The van der Waals surface area contributed by atoms with Crippen LogP contribution in [0, 0.1) is 26.7 Å². The van der Waals surface area contributed by atoms with Crippen molar-refractivity contribution in [1.82, 2.24) is 0 Å². The van der Waals surface area contributed by atoms with Gasteiger partial charge in [-0.25, -0.2) is 0 Å². The van der Waals surface area contributed by atoms with Crippen LogP contribution in [0.5, 0.6) is 0 Å². The quantitative estimate of drug-likeness (QED) is 0.807. The predicted octanol–water partition coefficient (Wildman–Crippen LogP) is 3.72. The summed E-state index contributed by atoms with van der Waals surface area (Å²) in [6.45, 7) is 11.0. The lowest BCUT2D eigenvalue weighted by molar-refractivity contribution is 0.275. The van der Waals surface area contributed by atoms with Crippen LogP contribution in [0.25, 0.3) is 0 Å². The fourth-order valence-corrected chi connectivity index (χ4v) is 3.03. The molecule has 1 nitrogen and oxygen atoms in total. The molecule has 0 saturated heterocycles. The van der Waals surface area contributed by atoms with E-state index in [4.69, 9.17) is 0 Å². The van der Waals surface area contributed by atoms with Crippen LogP contribution >= 0.6 is 11.8 Å². The molecular formula is C14H22OS. The van der Waals surface area contributed by atoms with Gasteiger partial charge in [0.2, 0.25) is 0 Å². The zero-order valence-electron chi connectivity index (χ0n) is 10.9. The molecule has 1 unspecified atom stereocenters. The van der Waals surface area contributed by atoms with E-state index in [1.807, 2.05) is 11.8 Å². The molecule has 0 saturated carbocycles. The standard InChI is InChI=1S/C14H22OS/c1-9(2)13(8-15)16-14-11(4)6-10(3)7-12(14)5/h6-7,9,13,15H,8H2,1-5H3. The summed E-state index contributed by atoms with van der Waals surface area (Å²) in [5.41, 5.74) is 3.95. The molecule has 0 radical (unpaired) electrons. The third-order valence-electron chi connectivity index (χ3n) is 2.80. The van der Waals surface area contributed by atoms with Crippen LogP contribution in [-0.4, -0.2) is 17.0 Å². The van der Waals surface area contributed by atoms with Gasteiger partial charge in [0.05, 0.1) is 6.61 Å². The molecule has 0 aliphatic heterocycles. The van der Waals surface area contributed by atoms with Crippen molar-refractivity contribution in [3.05, 3.63) is 28.8 Å². The van der Waals surface area contributed by atoms with Gasteiger partial charge in [-0.15, -0.1) is 11.8 Å². The first-order valence-electron chi connectivity index (χ1n) is 5.81. The summed E-state index contributed by atoms with van der Waals surface area (Å²) in [4.78, 5) is 1.33. The van der Waals surface area contributed by atoms with Gasteiger partial charge in [-0.05, 0) is 37.8 Å². The molecule has 0 aliphatic carbocycles. The van der Waals surface area contributed by atoms with Gasteiger partial charge in [0.1, 0.15) is 0 Å². The zero-order valence-corrected chi connectivity index (χ0v) is 11.7. The van der Waals surface area contributed by atoms with Gasteiger partial charge in [0.15, 0.2) is 0 Å². The number of aliphatic hydroxyl groups is 1. The number of hydrogen-bond acceptors (Lipinski definition) is 2. The summed E-state index contributed by atoms with van der Waals surface area (Å²) in [7, 11) is 0. The Morgan fingerprint density at radius 3 is 2.00 bits per heavy atom. The van der Waals surface area contributed by atoms with Crippen molar-refractivity contribution in [2.24, 2.45) is 5.92 Å². The van der Waals surface area contributed by atoms with E-state index < -0.39 is 0 Å². The predicted molar refractivity (Wildman–Crippen MR) is 72.2 cm³/mol. The molecule has 0 bridgehead atoms. The summed E-state index contributed by atoms with van der Waals surface area (Å²) in [6, 6.07) is 4.42. The van der Waals surface area contributed by atoms with Gasteiger partial charge < -0.3 is 5.11 Å². The average Bonchev–Trinajstić information content (AvgIpc) is 2.15. The van der Waals surface area contributed by atoms with E-state index in [0.717, 1.165) is 0 Å². The molecule has 1 aromatic carbocycles. The van der Waals surface area contributed by atoms with E-state index in [9.17, 15) is 5.11 Å². The normalized spacial score (nSPS) is 13.2. The van der Waals surface area contributed by atoms with E-state index in [-0.39, 0.29) is 6.61 Å². The van der Waals surface area contributed by atoms with Gasteiger partial charge in [-0.1, -0.05) is 31.5 Å². The number of benzene rings is 1. The lowest BCUT2D eigenvalue weighted by Crippen LogP contribution is -2.16. The molecule has 1 atom stereocenters. The fourth-order valence-electron chi connectivity index (χ4n) is 1.89. The SMILES string of the molecule is Cc1cc(C)c(SC(CO)C(C)C)c(C)c1. The van der Waals surface area contributed by atoms with Crippen molar-refractivity contribution in [2.45, 2.75) is 44.8 Å². The Morgan fingerprint density at radius 2 is 1.62 bits per heavy atom. The van der Waals surface area contributed by atoms with Crippen molar-refractivity contribution < 1.29 is 5.11 Å². The van der Waals surface area contributed by atoms with Crippen LogP contribution in [0.1, 0.15) is 30.5 Å². The summed E-state index contributed by atoms with van der Waals surface area (Å²) in [5.74, 6) is 0.495. The molecule has 0 amide bonds. The third-order valence-corrected chi connectivity index (χ3v) is 4.67. The van der Waals surface area contributed by atoms with Crippen molar-refractivity contribution >= 4 is 11.8 Å². The Morgan fingerprint density at radius 1 is 1.12 bits per heavy atom. The first-order valence-corrected chi connectivity index (χ1v) is 6.69. The molecule has 90 valence electrons. The van der Waals surface area contributed by atoms with Crippen LogP contribution < -0.4 is 0 Å². The molecule has 1 N–H and O–H groups in total. The van der Waals surface area contributed by atoms with E-state index in [1.165, 1.54) is 21.6 Å². The van der Waals surface area contributed by atoms with Gasteiger partial charge in [-0.2, -0.15) is 0 Å². The number of thioether (sulfide) groups is 1. The lowest BCUT2D eigenvalue weighted by Gasteiger charge is -2.20. The van der Waals surface area contributed by atoms with E-state index >= 15 is 0 Å². The van der Waals surface area contributed by atoms with Crippen molar-refractivity contribution in [3.63, 3.8) is 0 Å². The molecule has 0 aromatic heterocycles. The molecule has 16 heavy (non-hydrogen) atoms. The average molecular weight is 238 g/mol. The second-order valence-corrected chi connectivity index (χ2v) is 6.06. The van der Waals surface area contributed by atoms with Crippen molar-refractivity contribution in [1.29, 1.82) is 0 Å². The van der Waals surface area contributed by atoms with Crippen LogP contribution in [0.2, 0.25) is 0 Å². The van der Waals surface area contributed by atoms with Gasteiger partial charge in [-0.3, -0.25) is 0 Å². The molecule has 2 heteroatoms. The van der Waals surface area contributed by atoms with Crippen LogP contribution in [0.3, 0.4) is 0 Å². The maximum absolute atomic E-state index is 9.37. The highest BCUT2D eigenvalue weighted by Gasteiger charge is 2.16. The zero-order chi connectivity index (χ0) is 12.3. The minimum absolute atomic E-state index is 0.245. The molecular weight excluding hydrogens is 216 g/mol. The molecule has 0 spiro atoms. The topological polar surface area (TPSA) is 20.2 Å². The Kier molecular flexibility index (Phi) is 4.88. The third kappa shape index (κ3) is 3.26. The first kappa shape index (κ1) is 13.6. The first-order chi connectivity index (χ1) is 7.45. The monoisotopic (exact) mass is 238 g/mol. The Bertz CT molecular complexity index is 335. The highest BCUT2D eigenvalue weighted by atomic mass is 32.2. The number of aryl methyl sites for hydroxylation is 3. The Labute approximate surface area is 103 Å². The minimum Gasteiger partial charge on any atom is -0.395 e.